The molecule has 0 saturated carbocycles. The molecule has 1 aliphatic rings. The zero-order valence-corrected chi connectivity index (χ0v) is 11.5. The van der Waals surface area contributed by atoms with Crippen LogP contribution in [0.1, 0.15) is 26.2 Å². The van der Waals surface area contributed by atoms with Crippen molar-refractivity contribution in [3.63, 3.8) is 0 Å². The zero-order valence-electron chi connectivity index (χ0n) is 10.7. The van der Waals surface area contributed by atoms with E-state index >= 15 is 0 Å². The molecule has 0 radical (unpaired) electrons. The molecular weight excluding hydrogens is 220 g/mol. The van der Waals surface area contributed by atoms with Crippen molar-refractivity contribution in [3.05, 3.63) is 0 Å². The summed E-state index contributed by atoms with van der Waals surface area (Å²) in [5.41, 5.74) is 0. The molecule has 0 spiro atoms. The van der Waals surface area contributed by atoms with Crippen molar-refractivity contribution in [2.24, 2.45) is 5.92 Å². The van der Waals surface area contributed by atoms with Crippen LogP contribution in [-0.2, 0) is 4.79 Å². The predicted octanol–water partition coefficient (Wildman–Crippen LogP) is 1.59. The van der Waals surface area contributed by atoms with Crippen molar-refractivity contribution in [1.29, 1.82) is 0 Å². The molecule has 0 bridgehead atoms. The summed E-state index contributed by atoms with van der Waals surface area (Å²) in [4.78, 5) is 14.0. The number of carbonyl (C=O) groups excluding carboxylic acids is 1. The molecule has 16 heavy (non-hydrogen) atoms. The van der Waals surface area contributed by atoms with Crippen molar-refractivity contribution >= 4 is 17.7 Å². The van der Waals surface area contributed by atoms with Gasteiger partial charge in [-0.05, 0) is 38.1 Å². The molecule has 2 atom stereocenters. The van der Waals surface area contributed by atoms with Gasteiger partial charge in [0.05, 0.1) is 0 Å². The first-order valence-electron chi connectivity index (χ1n) is 6.14. The van der Waals surface area contributed by atoms with Crippen molar-refractivity contribution in [3.8, 4) is 0 Å². The maximum absolute atomic E-state index is 12.1. The first kappa shape index (κ1) is 13.8. The largest absolute Gasteiger partial charge is 0.342 e. The molecule has 2 unspecified atom stereocenters. The second-order valence-corrected chi connectivity index (χ2v) is 5.50. The fourth-order valence-electron chi connectivity index (χ4n) is 2.18. The lowest BCUT2D eigenvalue weighted by Gasteiger charge is -2.27. The Morgan fingerprint density at radius 2 is 2.38 bits per heavy atom. The Labute approximate surface area is 103 Å². The van der Waals surface area contributed by atoms with Gasteiger partial charge in [-0.25, -0.2) is 0 Å². The number of hydrogen-bond acceptors (Lipinski definition) is 3. The number of carbonyl (C=O) groups is 1. The highest BCUT2D eigenvalue weighted by Gasteiger charge is 2.23. The summed E-state index contributed by atoms with van der Waals surface area (Å²) in [6.45, 7) is 4.24. The number of nitrogens with one attached hydrogen (secondary N) is 1. The quantitative estimate of drug-likeness (QED) is 0.770. The van der Waals surface area contributed by atoms with E-state index in [9.17, 15) is 4.79 Å². The summed E-state index contributed by atoms with van der Waals surface area (Å²) in [6, 6.07) is 0.400. The minimum absolute atomic E-state index is 0.314. The molecule has 3 nitrogen and oxygen atoms in total. The number of hydrogen-bond donors (Lipinski definition) is 1. The van der Waals surface area contributed by atoms with Crippen molar-refractivity contribution in [1.82, 2.24) is 10.2 Å². The molecular formula is C12H24N2OS. The number of thioether (sulfide) groups is 1. The van der Waals surface area contributed by atoms with Gasteiger partial charge in [-0.2, -0.15) is 11.8 Å². The van der Waals surface area contributed by atoms with Crippen LogP contribution in [0, 0.1) is 5.92 Å². The minimum atomic E-state index is 0.314. The second kappa shape index (κ2) is 7.17. The van der Waals surface area contributed by atoms with E-state index in [0.29, 0.717) is 24.3 Å². The van der Waals surface area contributed by atoms with Gasteiger partial charge in [0.1, 0.15) is 0 Å². The van der Waals surface area contributed by atoms with Gasteiger partial charge in [0.15, 0.2) is 0 Å². The van der Waals surface area contributed by atoms with E-state index in [1.54, 1.807) is 0 Å². The Kier molecular flexibility index (Phi) is 6.21. The molecule has 1 N–H and O–H groups in total. The maximum atomic E-state index is 12.1. The highest BCUT2D eigenvalue weighted by molar-refractivity contribution is 7.98. The van der Waals surface area contributed by atoms with E-state index in [4.69, 9.17) is 0 Å². The van der Waals surface area contributed by atoms with E-state index in [-0.39, 0.29) is 0 Å². The third-order valence-corrected chi connectivity index (χ3v) is 4.12. The van der Waals surface area contributed by atoms with E-state index in [1.807, 2.05) is 23.7 Å². The molecule has 1 rings (SSSR count). The second-order valence-electron chi connectivity index (χ2n) is 4.59. The highest BCUT2D eigenvalue weighted by Crippen LogP contribution is 2.16. The molecule has 94 valence electrons. The normalized spacial score (nSPS) is 22.1. The monoisotopic (exact) mass is 244 g/mol. The van der Waals surface area contributed by atoms with Gasteiger partial charge in [0.25, 0.3) is 0 Å². The smallest absolute Gasteiger partial charge is 0.222 e. The molecule has 0 aromatic carbocycles. The highest BCUT2D eigenvalue weighted by atomic mass is 32.2. The van der Waals surface area contributed by atoms with E-state index in [0.717, 1.165) is 31.7 Å². The third kappa shape index (κ3) is 3.98. The van der Waals surface area contributed by atoms with Crippen molar-refractivity contribution < 1.29 is 4.79 Å². The number of amides is 1. The summed E-state index contributed by atoms with van der Waals surface area (Å²) < 4.78 is 0. The SMILES string of the molecule is CCC(CSC)N(C)C(=O)CC1CCNC1. The molecule has 0 aromatic rings. The van der Waals surface area contributed by atoms with Gasteiger partial charge in [-0.15, -0.1) is 0 Å². The molecule has 0 aromatic heterocycles. The molecule has 1 amide bonds. The first-order chi connectivity index (χ1) is 7.69. The van der Waals surface area contributed by atoms with Gasteiger partial charge in [0, 0.05) is 25.3 Å². The maximum Gasteiger partial charge on any atom is 0.222 e. The molecule has 1 heterocycles. The van der Waals surface area contributed by atoms with Crippen LogP contribution < -0.4 is 5.32 Å². The zero-order chi connectivity index (χ0) is 12.0. The molecule has 1 saturated heterocycles. The van der Waals surface area contributed by atoms with Gasteiger partial charge >= 0.3 is 0 Å². The number of rotatable bonds is 6. The molecule has 0 aliphatic carbocycles. The fraction of sp³-hybridized carbons (Fsp3) is 0.917. The molecule has 4 heteroatoms. The Balaban J connectivity index is 2.38. The van der Waals surface area contributed by atoms with Gasteiger partial charge < -0.3 is 10.2 Å². The van der Waals surface area contributed by atoms with Gasteiger partial charge in [0.2, 0.25) is 5.91 Å². The summed E-state index contributed by atoms with van der Waals surface area (Å²) in [5.74, 6) is 1.91. The van der Waals surface area contributed by atoms with Gasteiger partial charge in [-0.1, -0.05) is 6.92 Å². The van der Waals surface area contributed by atoms with Gasteiger partial charge in [-0.3, -0.25) is 4.79 Å². The van der Waals surface area contributed by atoms with E-state index in [2.05, 4.69) is 18.5 Å². The standard InChI is InChI=1S/C12H24N2OS/c1-4-11(9-16-3)14(2)12(15)7-10-5-6-13-8-10/h10-11,13H,4-9H2,1-3H3. The lowest BCUT2D eigenvalue weighted by Crippen LogP contribution is -2.39. The Morgan fingerprint density at radius 3 is 2.88 bits per heavy atom. The first-order valence-corrected chi connectivity index (χ1v) is 7.53. The predicted molar refractivity (Wildman–Crippen MR) is 70.8 cm³/mol. The average molecular weight is 244 g/mol. The van der Waals surface area contributed by atoms with Crippen LogP contribution in [-0.4, -0.2) is 49.0 Å². The summed E-state index contributed by atoms with van der Waals surface area (Å²) >= 11 is 1.82. The van der Waals surface area contributed by atoms with E-state index < -0.39 is 0 Å². The molecule has 1 fully saturated rings. The van der Waals surface area contributed by atoms with Crippen molar-refractivity contribution in [2.45, 2.75) is 32.2 Å². The van der Waals surface area contributed by atoms with Crippen LogP contribution in [0.15, 0.2) is 0 Å². The Bertz CT molecular complexity index is 217. The topological polar surface area (TPSA) is 32.3 Å². The lowest BCUT2D eigenvalue weighted by molar-refractivity contribution is -0.132. The third-order valence-electron chi connectivity index (χ3n) is 3.40. The van der Waals surface area contributed by atoms with Crippen LogP contribution in [0.4, 0.5) is 0 Å². The summed E-state index contributed by atoms with van der Waals surface area (Å²) in [5, 5.41) is 3.31. The van der Waals surface area contributed by atoms with Crippen LogP contribution >= 0.6 is 11.8 Å². The Morgan fingerprint density at radius 1 is 1.62 bits per heavy atom. The minimum Gasteiger partial charge on any atom is -0.342 e. The van der Waals surface area contributed by atoms with Crippen molar-refractivity contribution in [2.75, 3.05) is 32.1 Å². The summed E-state index contributed by atoms with van der Waals surface area (Å²) in [6.07, 6.45) is 5.02. The van der Waals surface area contributed by atoms with E-state index in [1.165, 1.54) is 0 Å². The molecule has 1 aliphatic heterocycles. The summed E-state index contributed by atoms with van der Waals surface area (Å²) in [7, 11) is 1.95. The average Bonchev–Trinajstić information content (AvgIpc) is 2.77. The Hall–Kier alpha value is -0.220. The van der Waals surface area contributed by atoms with Crippen LogP contribution in [0.2, 0.25) is 0 Å². The van der Waals surface area contributed by atoms with Crippen LogP contribution in [0.3, 0.4) is 0 Å². The number of nitrogens with zero attached hydrogens (tertiary/aromatic N) is 1. The lowest BCUT2D eigenvalue weighted by atomic mass is 10.0. The fourth-order valence-corrected chi connectivity index (χ4v) is 3.02. The van der Waals surface area contributed by atoms with Crippen LogP contribution in [0.5, 0.6) is 0 Å². The van der Waals surface area contributed by atoms with Crippen LogP contribution in [0.25, 0.3) is 0 Å².